The van der Waals surface area contributed by atoms with E-state index in [-0.39, 0.29) is 0 Å². The molecule has 0 fully saturated rings. The lowest BCUT2D eigenvalue weighted by atomic mass is 9.87. The highest BCUT2D eigenvalue weighted by Gasteiger charge is 2.26. The Morgan fingerprint density at radius 2 is 1.74 bits per heavy atom. The van der Waals surface area contributed by atoms with Crippen molar-refractivity contribution in [1.29, 1.82) is 0 Å². The molecule has 0 saturated carbocycles. The van der Waals surface area contributed by atoms with E-state index in [1.807, 2.05) is 23.1 Å². The van der Waals surface area contributed by atoms with Gasteiger partial charge in [-0.25, -0.2) is 14.6 Å². The van der Waals surface area contributed by atoms with Crippen LogP contribution in [0.3, 0.4) is 0 Å². The second-order valence-corrected chi connectivity index (χ2v) is 9.57. The van der Waals surface area contributed by atoms with E-state index in [0.717, 1.165) is 42.3 Å². The molecule has 2 aromatic carbocycles. The molecule has 0 amide bonds. The quantitative estimate of drug-likeness (QED) is 0.323. The van der Waals surface area contributed by atoms with Crippen molar-refractivity contribution >= 4 is 0 Å². The highest BCUT2D eigenvalue weighted by atomic mass is 15.3. The minimum Gasteiger partial charge on any atom is -0.295 e. The Balaban J connectivity index is 1.58. The maximum atomic E-state index is 5.17. The molecule has 1 aliphatic carbocycles. The highest BCUT2D eigenvalue weighted by Crippen LogP contribution is 2.35. The second-order valence-electron chi connectivity index (χ2n) is 9.57. The highest BCUT2D eigenvalue weighted by molar-refractivity contribution is 5.66. The van der Waals surface area contributed by atoms with Crippen molar-refractivity contribution in [1.82, 2.24) is 24.6 Å². The van der Waals surface area contributed by atoms with Gasteiger partial charge in [0, 0.05) is 41.8 Å². The summed E-state index contributed by atoms with van der Waals surface area (Å²) >= 11 is 0. The average Bonchev–Trinajstić information content (AvgIpc) is 3.43. The van der Waals surface area contributed by atoms with Crippen LogP contribution in [-0.4, -0.2) is 31.7 Å². The van der Waals surface area contributed by atoms with Crippen LogP contribution >= 0.6 is 0 Å². The van der Waals surface area contributed by atoms with Crippen molar-refractivity contribution in [3.05, 3.63) is 94.4 Å². The van der Waals surface area contributed by atoms with Gasteiger partial charge in [0.15, 0.2) is 11.6 Å². The summed E-state index contributed by atoms with van der Waals surface area (Å²) in [6.07, 6.45) is 9.28. The summed E-state index contributed by atoms with van der Waals surface area (Å²) in [5.74, 6) is 1.68. The fraction of sp³-hybridized carbons (Fsp3) is 0.367. The first kappa shape index (κ1) is 23.4. The van der Waals surface area contributed by atoms with Crippen LogP contribution in [0, 0.1) is 6.92 Å². The van der Waals surface area contributed by atoms with Crippen molar-refractivity contribution < 1.29 is 0 Å². The lowest BCUT2D eigenvalue weighted by Gasteiger charge is -2.34. The van der Waals surface area contributed by atoms with Crippen LogP contribution in [0.4, 0.5) is 0 Å². The molecule has 4 aromatic rings. The van der Waals surface area contributed by atoms with Gasteiger partial charge in [-0.2, -0.15) is 5.10 Å². The molecule has 5 rings (SSSR count). The van der Waals surface area contributed by atoms with E-state index in [2.05, 4.69) is 80.3 Å². The van der Waals surface area contributed by atoms with Gasteiger partial charge in [0.25, 0.3) is 0 Å². The molecule has 5 nitrogen and oxygen atoms in total. The van der Waals surface area contributed by atoms with Crippen LogP contribution in [0.5, 0.6) is 0 Å². The topological polar surface area (TPSA) is 46.8 Å². The largest absolute Gasteiger partial charge is 0.295 e. The number of fused-ring (bicyclic) bond motifs is 1. The molecule has 0 radical (unpaired) electrons. The van der Waals surface area contributed by atoms with Gasteiger partial charge in [0.05, 0.1) is 0 Å². The SMILES string of the molecule is CCc1cccc(CC)c1-c1nc(C)c(CN(C)[C@H]2CCCc3ccccc32)c(-n2cccn2)n1. The number of benzene rings is 2. The average molecular weight is 466 g/mol. The van der Waals surface area contributed by atoms with E-state index in [0.29, 0.717) is 6.04 Å². The zero-order chi connectivity index (χ0) is 24.4. The lowest BCUT2D eigenvalue weighted by molar-refractivity contribution is 0.212. The molecule has 0 bridgehead atoms. The summed E-state index contributed by atoms with van der Waals surface area (Å²) in [6, 6.07) is 17.8. The van der Waals surface area contributed by atoms with E-state index in [9.17, 15) is 0 Å². The maximum Gasteiger partial charge on any atom is 0.162 e. The zero-order valence-corrected chi connectivity index (χ0v) is 21.3. The van der Waals surface area contributed by atoms with Gasteiger partial charge in [-0.1, -0.05) is 56.3 Å². The van der Waals surface area contributed by atoms with Gasteiger partial charge in [-0.05, 0) is 74.4 Å². The van der Waals surface area contributed by atoms with Crippen molar-refractivity contribution in [2.45, 2.75) is 65.5 Å². The van der Waals surface area contributed by atoms with E-state index >= 15 is 0 Å². The van der Waals surface area contributed by atoms with Gasteiger partial charge in [0.1, 0.15) is 0 Å². The second kappa shape index (κ2) is 10.1. The monoisotopic (exact) mass is 465 g/mol. The molecule has 0 unspecified atom stereocenters. The molecule has 2 heterocycles. The van der Waals surface area contributed by atoms with Crippen LogP contribution in [0.1, 0.15) is 66.2 Å². The van der Waals surface area contributed by atoms with Crippen LogP contribution in [0.2, 0.25) is 0 Å². The number of hydrogen-bond donors (Lipinski definition) is 0. The Labute approximate surface area is 208 Å². The molecule has 0 aliphatic heterocycles. The van der Waals surface area contributed by atoms with E-state index in [4.69, 9.17) is 9.97 Å². The molecule has 0 saturated heterocycles. The smallest absolute Gasteiger partial charge is 0.162 e. The summed E-state index contributed by atoms with van der Waals surface area (Å²) in [7, 11) is 2.23. The van der Waals surface area contributed by atoms with Crippen LogP contribution in [0.25, 0.3) is 17.2 Å². The minimum absolute atomic E-state index is 0.400. The third-order valence-electron chi connectivity index (χ3n) is 7.41. The van der Waals surface area contributed by atoms with Crippen LogP contribution in [-0.2, 0) is 25.8 Å². The molecule has 35 heavy (non-hydrogen) atoms. The molecule has 180 valence electrons. The van der Waals surface area contributed by atoms with E-state index in [1.54, 1.807) is 0 Å². The van der Waals surface area contributed by atoms with Crippen molar-refractivity contribution in [3.8, 4) is 17.2 Å². The van der Waals surface area contributed by atoms with Gasteiger partial charge >= 0.3 is 0 Å². The third kappa shape index (κ3) is 4.53. The molecule has 1 atom stereocenters. The first-order chi connectivity index (χ1) is 17.1. The molecule has 0 N–H and O–H groups in total. The predicted molar refractivity (Wildman–Crippen MR) is 142 cm³/mol. The first-order valence-electron chi connectivity index (χ1n) is 12.9. The molecule has 0 spiro atoms. The van der Waals surface area contributed by atoms with Crippen LogP contribution < -0.4 is 0 Å². The first-order valence-corrected chi connectivity index (χ1v) is 12.9. The number of aryl methyl sites for hydroxylation is 4. The Morgan fingerprint density at radius 1 is 0.971 bits per heavy atom. The number of rotatable bonds is 7. The molecule has 2 aromatic heterocycles. The van der Waals surface area contributed by atoms with Gasteiger partial charge in [-0.3, -0.25) is 4.90 Å². The lowest BCUT2D eigenvalue weighted by Crippen LogP contribution is -2.28. The van der Waals surface area contributed by atoms with Gasteiger partial charge < -0.3 is 0 Å². The zero-order valence-electron chi connectivity index (χ0n) is 21.3. The normalized spacial score (nSPS) is 15.4. The minimum atomic E-state index is 0.400. The van der Waals surface area contributed by atoms with E-state index in [1.165, 1.54) is 47.1 Å². The molecular formula is C30H35N5. The molecular weight excluding hydrogens is 430 g/mol. The number of aromatic nitrogens is 4. The Kier molecular flexibility index (Phi) is 6.78. The van der Waals surface area contributed by atoms with Crippen LogP contribution in [0.15, 0.2) is 60.9 Å². The molecule has 5 heteroatoms. The van der Waals surface area contributed by atoms with Crippen molar-refractivity contribution in [2.24, 2.45) is 0 Å². The third-order valence-corrected chi connectivity index (χ3v) is 7.41. The Morgan fingerprint density at radius 3 is 2.46 bits per heavy atom. The Hall–Kier alpha value is -3.31. The van der Waals surface area contributed by atoms with Gasteiger partial charge in [-0.15, -0.1) is 0 Å². The maximum absolute atomic E-state index is 5.17. The summed E-state index contributed by atoms with van der Waals surface area (Å²) in [5, 5.41) is 4.57. The van der Waals surface area contributed by atoms with Crippen molar-refractivity contribution in [2.75, 3.05) is 7.05 Å². The summed E-state index contributed by atoms with van der Waals surface area (Å²) in [6.45, 7) is 7.29. The number of hydrogen-bond acceptors (Lipinski definition) is 4. The number of nitrogens with zero attached hydrogens (tertiary/aromatic N) is 5. The summed E-state index contributed by atoms with van der Waals surface area (Å²) in [5.41, 5.74) is 8.85. The Bertz CT molecular complexity index is 1290. The fourth-order valence-corrected chi connectivity index (χ4v) is 5.54. The summed E-state index contributed by atoms with van der Waals surface area (Å²) in [4.78, 5) is 12.7. The predicted octanol–water partition coefficient (Wildman–Crippen LogP) is 6.27. The van der Waals surface area contributed by atoms with E-state index < -0.39 is 0 Å². The standard InChI is InChI=1S/C30H35N5/c1-5-22-13-9-14-23(6-2)28(22)29-32-21(3)26(30(33-29)35-19-11-18-31-35)20-34(4)27-17-10-15-24-12-7-8-16-25(24)27/h7-9,11-14,16,18-19,27H,5-6,10,15,17,20H2,1-4H3/t27-/m0/s1. The van der Waals surface area contributed by atoms with Crippen molar-refractivity contribution in [3.63, 3.8) is 0 Å². The van der Waals surface area contributed by atoms with Gasteiger partial charge in [0.2, 0.25) is 0 Å². The fourth-order valence-electron chi connectivity index (χ4n) is 5.54. The molecule has 1 aliphatic rings. The summed E-state index contributed by atoms with van der Waals surface area (Å²) < 4.78 is 1.90.